The Bertz CT molecular complexity index is 604. The number of aliphatic hydroxyl groups excluding tert-OH is 1. The summed E-state index contributed by atoms with van der Waals surface area (Å²) in [6, 6.07) is 5.72. The van der Waals surface area contributed by atoms with Crippen LogP contribution in [0.5, 0.6) is 5.75 Å². The minimum absolute atomic E-state index is 0.0369. The number of aliphatic hydroxyl groups is 1. The van der Waals surface area contributed by atoms with Crippen LogP contribution in [0.4, 0.5) is 10.5 Å². The number of phenolic OH excluding ortho intramolecular Hbond substituents is 1. The molecule has 23 heavy (non-hydrogen) atoms. The number of anilines is 1. The zero-order chi connectivity index (χ0) is 17.0. The van der Waals surface area contributed by atoms with Gasteiger partial charge < -0.3 is 15.1 Å². The van der Waals surface area contributed by atoms with E-state index in [0.717, 1.165) is 16.7 Å². The normalized spacial score (nSPS) is 17.7. The van der Waals surface area contributed by atoms with Crippen LogP contribution in [-0.4, -0.2) is 57.1 Å². The lowest BCUT2D eigenvalue weighted by Crippen LogP contribution is -2.37. The Balaban J connectivity index is 2.09. The van der Waals surface area contributed by atoms with E-state index in [4.69, 9.17) is 5.11 Å². The Morgan fingerprint density at radius 3 is 2.52 bits per heavy atom. The average Bonchev–Trinajstić information content (AvgIpc) is 2.80. The van der Waals surface area contributed by atoms with Crippen LogP contribution < -0.4 is 4.90 Å². The topological polar surface area (TPSA) is 98.2 Å². The Morgan fingerprint density at radius 2 is 1.96 bits per heavy atom. The standard InChI is InChI=1S/C15H18N2O5S/c1-2-16(7-8-18)13(20)9-12-14(21)17(15(22)23-12)10-3-5-11(19)6-4-10/h3-6,12,18-19H,2,7-9H2,1H3. The van der Waals surface area contributed by atoms with Crippen molar-refractivity contribution in [2.24, 2.45) is 0 Å². The van der Waals surface area contributed by atoms with Gasteiger partial charge in [0.1, 0.15) is 11.0 Å². The highest BCUT2D eigenvalue weighted by molar-refractivity contribution is 8.15. The Kier molecular flexibility index (Phi) is 5.62. The van der Waals surface area contributed by atoms with Gasteiger partial charge in [0.05, 0.1) is 12.3 Å². The molecule has 124 valence electrons. The van der Waals surface area contributed by atoms with E-state index in [9.17, 15) is 19.5 Å². The molecule has 1 fully saturated rings. The number of imide groups is 1. The van der Waals surface area contributed by atoms with Crippen LogP contribution in [0.1, 0.15) is 13.3 Å². The van der Waals surface area contributed by atoms with Crippen molar-refractivity contribution in [3.8, 4) is 5.75 Å². The first-order chi connectivity index (χ1) is 11.0. The van der Waals surface area contributed by atoms with Crippen LogP contribution in [0.2, 0.25) is 0 Å². The fourth-order valence-electron chi connectivity index (χ4n) is 2.29. The van der Waals surface area contributed by atoms with Crippen LogP contribution in [0, 0.1) is 0 Å². The minimum Gasteiger partial charge on any atom is -0.508 e. The number of aromatic hydroxyl groups is 1. The fourth-order valence-corrected chi connectivity index (χ4v) is 3.27. The summed E-state index contributed by atoms with van der Waals surface area (Å²) in [4.78, 5) is 39.1. The van der Waals surface area contributed by atoms with Gasteiger partial charge in [-0.15, -0.1) is 0 Å². The van der Waals surface area contributed by atoms with Crippen LogP contribution in [0.15, 0.2) is 24.3 Å². The van der Waals surface area contributed by atoms with Crippen molar-refractivity contribution >= 4 is 34.5 Å². The lowest BCUT2D eigenvalue weighted by Gasteiger charge is -2.20. The van der Waals surface area contributed by atoms with Crippen LogP contribution in [0.25, 0.3) is 0 Å². The van der Waals surface area contributed by atoms with E-state index in [-0.39, 0.29) is 31.2 Å². The number of phenols is 1. The number of thioether (sulfide) groups is 1. The van der Waals surface area contributed by atoms with Crippen molar-refractivity contribution in [3.63, 3.8) is 0 Å². The smallest absolute Gasteiger partial charge is 0.293 e. The number of nitrogens with zero attached hydrogens (tertiary/aromatic N) is 2. The Hall–Kier alpha value is -2.06. The highest BCUT2D eigenvalue weighted by atomic mass is 32.2. The molecule has 0 aliphatic carbocycles. The quantitative estimate of drug-likeness (QED) is 0.808. The molecular formula is C15H18N2O5S. The van der Waals surface area contributed by atoms with E-state index in [2.05, 4.69) is 0 Å². The fraction of sp³-hybridized carbons (Fsp3) is 0.400. The maximum atomic E-state index is 12.4. The monoisotopic (exact) mass is 338 g/mol. The largest absolute Gasteiger partial charge is 0.508 e. The van der Waals surface area contributed by atoms with Gasteiger partial charge in [-0.3, -0.25) is 14.4 Å². The number of rotatable bonds is 6. The van der Waals surface area contributed by atoms with E-state index in [0.29, 0.717) is 12.2 Å². The van der Waals surface area contributed by atoms with Gasteiger partial charge in [0, 0.05) is 19.5 Å². The number of carbonyl (C=O) groups excluding carboxylic acids is 3. The third-order valence-electron chi connectivity index (χ3n) is 3.49. The van der Waals surface area contributed by atoms with Gasteiger partial charge in [0.15, 0.2) is 0 Å². The van der Waals surface area contributed by atoms with Crippen molar-refractivity contribution in [2.45, 2.75) is 18.6 Å². The number of carbonyl (C=O) groups is 3. The maximum Gasteiger partial charge on any atom is 0.293 e. The molecule has 2 N–H and O–H groups in total. The van der Waals surface area contributed by atoms with Gasteiger partial charge in [-0.05, 0) is 43.0 Å². The average molecular weight is 338 g/mol. The second-order valence-corrected chi connectivity index (χ2v) is 6.12. The van der Waals surface area contributed by atoms with Crippen LogP contribution in [-0.2, 0) is 9.59 Å². The molecule has 0 radical (unpaired) electrons. The molecule has 1 atom stereocenters. The molecule has 1 aliphatic rings. The molecule has 3 amide bonds. The second kappa shape index (κ2) is 7.47. The molecule has 0 spiro atoms. The molecule has 8 heteroatoms. The van der Waals surface area contributed by atoms with Gasteiger partial charge in [-0.2, -0.15) is 0 Å². The predicted octanol–water partition coefficient (Wildman–Crippen LogP) is 1.19. The zero-order valence-corrected chi connectivity index (χ0v) is 13.5. The van der Waals surface area contributed by atoms with E-state index >= 15 is 0 Å². The molecule has 1 unspecified atom stereocenters. The van der Waals surface area contributed by atoms with E-state index in [1.807, 2.05) is 0 Å². The van der Waals surface area contributed by atoms with Crippen molar-refractivity contribution in [1.82, 2.24) is 4.90 Å². The van der Waals surface area contributed by atoms with E-state index in [1.54, 1.807) is 6.92 Å². The zero-order valence-electron chi connectivity index (χ0n) is 12.6. The molecule has 1 aliphatic heterocycles. The molecule has 1 aromatic rings. The summed E-state index contributed by atoms with van der Waals surface area (Å²) in [5, 5.41) is 17.0. The van der Waals surface area contributed by atoms with Gasteiger partial charge in [-0.1, -0.05) is 0 Å². The third kappa shape index (κ3) is 3.83. The first-order valence-electron chi connectivity index (χ1n) is 7.20. The van der Waals surface area contributed by atoms with Crippen LogP contribution in [0.3, 0.4) is 0 Å². The SMILES string of the molecule is CCN(CCO)C(=O)CC1SC(=O)N(c2ccc(O)cc2)C1=O. The lowest BCUT2D eigenvalue weighted by molar-refractivity contribution is -0.133. The first kappa shape index (κ1) is 17.3. The molecule has 0 bridgehead atoms. The molecule has 2 rings (SSSR count). The Morgan fingerprint density at radius 1 is 1.30 bits per heavy atom. The minimum atomic E-state index is -0.767. The summed E-state index contributed by atoms with van der Waals surface area (Å²) in [6.45, 7) is 2.27. The summed E-state index contributed by atoms with van der Waals surface area (Å²) in [6.07, 6.45) is -0.0857. The molecule has 7 nitrogen and oxygen atoms in total. The summed E-state index contributed by atoms with van der Waals surface area (Å²) >= 11 is 0.820. The van der Waals surface area contributed by atoms with Gasteiger partial charge in [0.2, 0.25) is 11.8 Å². The summed E-state index contributed by atoms with van der Waals surface area (Å²) < 4.78 is 0. The highest BCUT2D eigenvalue weighted by Gasteiger charge is 2.42. The molecule has 1 heterocycles. The molecule has 0 saturated carbocycles. The molecule has 0 aromatic heterocycles. The molecule has 1 aromatic carbocycles. The van der Waals surface area contributed by atoms with E-state index < -0.39 is 16.4 Å². The highest BCUT2D eigenvalue weighted by Crippen LogP contribution is 2.34. The molecular weight excluding hydrogens is 320 g/mol. The lowest BCUT2D eigenvalue weighted by atomic mass is 10.2. The van der Waals surface area contributed by atoms with Crippen molar-refractivity contribution < 1.29 is 24.6 Å². The summed E-state index contributed by atoms with van der Waals surface area (Å²) in [7, 11) is 0. The van der Waals surface area contributed by atoms with Gasteiger partial charge in [-0.25, -0.2) is 4.90 Å². The molecule has 1 saturated heterocycles. The van der Waals surface area contributed by atoms with Gasteiger partial charge >= 0.3 is 0 Å². The van der Waals surface area contributed by atoms with Crippen molar-refractivity contribution in [1.29, 1.82) is 0 Å². The number of benzene rings is 1. The summed E-state index contributed by atoms with van der Waals surface area (Å²) in [5.74, 6) is -0.679. The maximum absolute atomic E-state index is 12.4. The predicted molar refractivity (Wildman–Crippen MR) is 86.3 cm³/mol. The number of hydrogen-bond acceptors (Lipinski definition) is 6. The second-order valence-electron chi connectivity index (χ2n) is 4.96. The van der Waals surface area contributed by atoms with Crippen molar-refractivity contribution in [2.75, 3.05) is 24.6 Å². The van der Waals surface area contributed by atoms with E-state index in [1.165, 1.54) is 29.2 Å². The first-order valence-corrected chi connectivity index (χ1v) is 8.08. The summed E-state index contributed by atoms with van der Waals surface area (Å²) in [5.41, 5.74) is 0.364. The number of amides is 3. The number of hydrogen-bond donors (Lipinski definition) is 2. The Labute approximate surface area is 137 Å². The number of likely N-dealkylation sites (N-methyl/N-ethyl adjacent to an activating group) is 1. The third-order valence-corrected chi connectivity index (χ3v) is 4.53. The van der Waals surface area contributed by atoms with Crippen molar-refractivity contribution in [3.05, 3.63) is 24.3 Å². The van der Waals surface area contributed by atoms with Gasteiger partial charge in [0.25, 0.3) is 5.24 Å². The van der Waals surface area contributed by atoms with Crippen LogP contribution >= 0.6 is 11.8 Å².